The van der Waals surface area contributed by atoms with Gasteiger partial charge < -0.3 is 10.4 Å². The third kappa shape index (κ3) is 3.41. The molecule has 2 aliphatic rings. The molecule has 2 heterocycles. The van der Waals surface area contributed by atoms with E-state index in [1.165, 1.54) is 16.0 Å². The summed E-state index contributed by atoms with van der Waals surface area (Å²) in [6, 6.07) is 12.2. The van der Waals surface area contributed by atoms with E-state index in [9.17, 15) is 9.90 Å². The SMILES string of the molecule is O=C(O)c1ccc(-c2nc(NCc3ccc(Cl)c(Cl)c3)c3c4c(sc3n2)C2CCC=C42)cc1. The lowest BCUT2D eigenvalue weighted by Gasteiger charge is -2.26. The summed E-state index contributed by atoms with van der Waals surface area (Å²) in [6.45, 7) is 0.535. The zero-order valence-electron chi connectivity index (χ0n) is 17.2. The second-order valence-electron chi connectivity index (χ2n) is 8.19. The van der Waals surface area contributed by atoms with Gasteiger partial charge in [-0.15, -0.1) is 11.3 Å². The Bertz CT molecular complexity index is 1480. The van der Waals surface area contributed by atoms with Crippen LogP contribution >= 0.6 is 34.5 Å². The number of nitrogens with zero attached hydrogens (tertiary/aromatic N) is 2. The predicted octanol–water partition coefficient (Wildman–Crippen LogP) is 7.25. The Kier molecular flexibility index (Phi) is 4.91. The van der Waals surface area contributed by atoms with Crippen LogP contribution in [0.2, 0.25) is 10.0 Å². The number of hydrogen-bond acceptors (Lipinski definition) is 5. The molecule has 0 fully saturated rings. The smallest absolute Gasteiger partial charge is 0.335 e. The van der Waals surface area contributed by atoms with Gasteiger partial charge in [-0.25, -0.2) is 14.8 Å². The first kappa shape index (κ1) is 20.7. The molecule has 2 N–H and O–H groups in total. The van der Waals surface area contributed by atoms with Crippen molar-refractivity contribution in [2.24, 2.45) is 0 Å². The number of carbonyl (C=O) groups is 1. The monoisotopic (exact) mass is 493 g/mol. The summed E-state index contributed by atoms with van der Waals surface area (Å²) in [5, 5.41) is 14.8. The average Bonchev–Trinajstić information content (AvgIpc) is 3.37. The molecule has 2 aromatic heterocycles. The fourth-order valence-corrected chi connectivity index (χ4v) is 6.25. The Morgan fingerprint density at radius 3 is 2.70 bits per heavy atom. The van der Waals surface area contributed by atoms with E-state index in [0.717, 1.165) is 40.0 Å². The number of anilines is 1. The van der Waals surface area contributed by atoms with Gasteiger partial charge in [0.1, 0.15) is 10.6 Å². The minimum absolute atomic E-state index is 0.233. The molecule has 0 radical (unpaired) electrons. The van der Waals surface area contributed by atoms with E-state index in [0.29, 0.717) is 28.3 Å². The van der Waals surface area contributed by atoms with Gasteiger partial charge in [0, 0.05) is 28.5 Å². The molecule has 2 aromatic carbocycles. The number of hydrogen-bond donors (Lipinski definition) is 2. The molecule has 0 amide bonds. The highest BCUT2D eigenvalue weighted by molar-refractivity contribution is 7.19. The van der Waals surface area contributed by atoms with Crippen molar-refractivity contribution in [3.8, 4) is 11.4 Å². The highest BCUT2D eigenvalue weighted by Gasteiger charge is 2.39. The Morgan fingerprint density at radius 2 is 1.94 bits per heavy atom. The van der Waals surface area contributed by atoms with Crippen LogP contribution in [-0.4, -0.2) is 21.0 Å². The standard InChI is InChI=1S/C25H17Cl2N3O2S/c26-17-9-4-12(10-18(17)27)11-28-23-20-19-15-2-1-3-16(15)21(19)33-24(20)30-22(29-23)13-5-7-14(8-6-13)25(31)32/h2,4-10,16H,1,3,11H2,(H,31,32)(H,28,29,30). The molecular weight excluding hydrogens is 477 g/mol. The molecule has 2 aliphatic carbocycles. The number of carboxylic acid groups (broad SMARTS) is 1. The van der Waals surface area contributed by atoms with E-state index in [-0.39, 0.29) is 5.56 Å². The van der Waals surface area contributed by atoms with E-state index in [4.69, 9.17) is 33.2 Å². The van der Waals surface area contributed by atoms with Gasteiger partial charge >= 0.3 is 5.97 Å². The van der Waals surface area contributed by atoms with Gasteiger partial charge in [-0.1, -0.05) is 47.5 Å². The van der Waals surface area contributed by atoms with Crippen molar-refractivity contribution in [2.75, 3.05) is 5.32 Å². The quantitative estimate of drug-likeness (QED) is 0.306. The van der Waals surface area contributed by atoms with Crippen LogP contribution in [0.4, 0.5) is 5.82 Å². The number of thiophene rings is 1. The highest BCUT2D eigenvalue weighted by Crippen LogP contribution is 2.59. The van der Waals surface area contributed by atoms with Crippen LogP contribution in [0.3, 0.4) is 0 Å². The fraction of sp³-hybridized carbons (Fsp3) is 0.160. The molecule has 0 bridgehead atoms. The number of benzene rings is 2. The number of rotatable bonds is 5. The number of carboxylic acids is 1. The molecule has 0 aliphatic heterocycles. The summed E-state index contributed by atoms with van der Waals surface area (Å²) in [5.74, 6) is 0.907. The number of aromatic nitrogens is 2. The van der Waals surface area contributed by atoms with Crippen LogP contribution < -0.4 is 5.32 Å². The molecule has 0 spiro atoms. The maximum Gasteiger partial charge on any atom is 0.335 e. The van der Waals surface area contributed by atoms with Crippen molar-refractivity contribution < 1.29 is 9.90 Å². The van der Waals surface area contributed by atoms with Crippen LogP contribution in [-0.2, 0) is 6.54 Å². The van der Waals surface area contributed by atoms with Crippen LogP contribution in [0.1, 0.15) is 45.1 Å². The third-order valence-corrected chi connectivity index (χ3v) is 8.15. The Morgan fingerprint density at radius 1 is 1.12 bits per heavy atom. The van der Waals surface area contributed by atoms with Gasteiger partial charge in [-0.2, -0.15) is 0 Å². The molecule has 33 heavy (non-hydrogen) atoms. The van der Waals surface area contributed by atoms with Crippen molar-refractivity contribution in [2.45, 2.75) is 25.3 Å². The molecule has 0 saturated heterocycles. The molecule has 1 atom stereocenters. The van der Waals surface area contributed by atoms with Crippen molar-refractivity contribution in [3.05, 3.63) is 80.2 Å². The van der Waals surface area contributed by atoms with E-state index in [2.05, 4.69) is 11.4 Å². The van der Waals surface area contributed by atoms with Gasteiger partial charge in [0.25, 0.3) is 0 Å². The van der Waals surface area contributed by atoms with Crippen LogP contribution in [0.25, 0.3) is 27.2 Å². The highest BCUT2D eigenvalue weighted by atomic mass is 35.5. The maximum atomic E-state index is 11.2. The van der Waals surface area contributed by atoms with Gasteiger partial charge in [0.15, 0.2) is 5.82 Å². The minimum Gasteiger partial charge on any atom is -0.478 e. The maximum absolute atomic E-state index is 11.2. The second kappa shape index (κ2) is 7.83. The number of fused-ring (bicyclic) bond motifs is 6. The van der Waals surface area contributed by atoms with Crippen molar-refractivity contribution >= 4 is 62.1 Å². The summed E-state index contributed by atoms with van der Waals surface area (Å²) < 4.78 is 0. The molecule has 8 heteroatoms. The zero-order chi connectivity index (χ0) is 22.7. The van der Waals surface area contributed by atoms with Crippen molar-refractivity contribution in [1.82, 2.24) is 9.97 Å². The number of allylic oxidation sites excluding steroid dienone is 2. The zero-order valence-corrected chi connectivity index (χ0v) is 19.6. The minimum atomic E-state index is -0.958. The van der Waals surface area contributed by atoms with Gasteiger partial charge in [-0.3, -0.25) is 0 Å². The summed E-state index contributed by atoms with van der Waals surface area (Å²) >= 11 is 14.0. The Hall–Kier alpha value is -2.93. The first-order valence-corrected chi connectivity index (χ1v) is 12.1. The lowest BCUT2D eigenvalue weighted by atomic mass is 9.80. The van der Waals surface area contributed by atoms with Gasteiger partial charge in [0.05, 0.1) is 21.0 Å². The van der Waals surface area contributed by atoms with E-state index >= 15 is 0 Å². The average molecular weight is 494 g/mol. The molecule has 4 aromatic rings. The summed E-state index contributed by atoms with van der Waals surface area (Å²) in [6.07, 6.45) is 4.61. The summed E-state index contributed by atoms with van der Waals surface area (Å²) in [7, 11) is 0. The van der Waals surface area contributed by atoms with Crippen LogP contribution in [0, 0.1) is 0 Å². The first-order valence-electron chi connectivity index (χ1n) is 10.6. The normalized spacial score (nSPS) is 16.2. The van der Waals surface area contributed by atoms with Crippen molar-refractivity contribution in [1.29, 1.82) is 0 Å². The lowest BCUT2D eigenvalue weighted by Crippen LogP contribution is -2.10. The molecule has 0 saturated carbocycles. The molecule has 6 rings (SSSR count). The molecule has 164 valence electrons. The first-order chi connectivity index (χ1) is 16.0. The summed E-state index contributed by atoms with van der Waals surface area (Å²) in [5.41, 5.74) is 4.69. The van der Waals surface area contributed by atoms with E-state index < -0.39 is 5.97 Å². The van der Waals surface area contributed by atoms with Crippen LogP contribution in [0.15, 0.2) is 48.5 Å². The lowest BCUT2D eigenvalue weighted by molar-refractivity contribution is 0.0697. The molecule has 5 nitrogen and oxygen atoms in total. The second-order valence-corrected chi connectivity index (χ2v) is 10.0. The Labute approximate surface area is 203 Å². The van der Waals surface area contributed by atoms with Gasteiger partial charge in [0.2, 0.25) is 0 Å². The Balaban J connectivity index is 1.44. The van der Waals surface area contributed by atoms with E-state index in [1.54, 1.807) is 41.7 Å². The van der Waals surface area contributed by atoms with Crippen LogP contribution in [0.5, 0.6) is 0 Å². The summed E-state index contributed by atoms with van der Waals surface area (Å²) in [4.78, 5) is 23.3. The number of halogens is 2. The van der Waals surface area contributed by atoms with E-state index in [1.807, 2.05) is 12.1 Å². The number of nitrogens with one attached hydrogen (secondary N) is 1. The molecule has 1 unspecified atom stereocenters. The number of aromatic carboxylic acids is 1. The molecular formula is C25H17Cl2N3O2S. The predicted molar refractivity (Wildman–Crippen MR) is 134 cm³/mol. The van der Waals surface area contributed by atoms with Gasteiger partial charge in [-0.05, 0) is 48.2 Å². The fourth-order valence-electron chi connectivity index (χ4n) is 4.58. The van der Waals surface area contributed by atoms with Crippen molar-refractivity contribution in [3.63, 3.8) is 0 Å². The third-order valence-electron chi connectivity index (χ3n) is 6.21. The topological polar surface area (TPSA) is 75.1 Å². The largest absolute Gasteiger partial charge is 0.478 e.